The first-order chi connectivity index (χ1) is 10.5. The van der Waals surface area contributed by atoms with Gasteiger partial charge in [-0.3, -0.25) is 0 Å². The topological polar surface area (TPSA) is 49.2 Å². The second-order valence-corrected chi connectivity index (χ2v) is 6.40. The summed E-state index contributed by atoms with van der Waals surface area (Å²) in [4.78, 5) is 10.9. The Balaban J connectivity index is 1.78. The fraction of sp³-hybridized carbons (Fsp3) is 0.444. The largest absolute Gasteiger partial charge is 0.390 e. The van der Waals surface area contributed by atoms with E-state index in [-0.39, 0.29) is 5.92 Å². The Morgan fingerprint density at radius 2 is 2.05 bits per heavy atom. The zero-order chi connectivity index (χ0) is 15.6. The Hall–Kier alpha value is -1.94. The lowest BCUT2D eigenvalue weighted by molar-refractivity contribution is -0.0168. The predicted octanol–water partition coefficient (Wildman–Crippen LogP) is 2.61. The van der Waals surface area contributed by atoms with Crippen molar-refractivity contribution in [1.29, 1.82) is 0 Å². The van der Waals surface area contributed by atoms with Crippen LogP contribution in [0.5, 0.6) is 0 Å². The van der Waals surface area contributed by atoms with Gasteiger partial charge in [-0.05, 0) is 38.3 Å². The first-order valence-corrected chi connectivity index (χ1v) is 7.85. The summed E-state index contributed by atoms with van der Waals surface area (Å²) >= 11 is 0. The smallest absolute Gasteiger partial charge is 0.132 e. The molecule has 0 amide bonds. The first kappa shape index (κ1) is 15.0. The van der Waals surface area contributed by atoms with Gasteiger partial charge >= 0.3 is 0 Å². The van der Waals surface area contributed by atoms with Crippen molar-refractivity contribution in [3.8, 4) is 0 Å². The third-order valence-corrected chi connectivity index (χ3v) is 4.62. The summed E-state index contributed by atoms with van der Waals surface area (Å²) in [7, 11) is 0. The maximum Gasteiger partial charge on any atom is 0.132 e. The Bertz CT molecular complexity index is 627. The number of anilines is 1. The summed E-state index contributed by atoms with van der Waals surface area (Å²) in [5.74, 6) is 1.94. The van der Waals surface area contributed by atoms with Gasteiger partial charge in [0.05, 0.1) is 5.60 Å². The maximum absolute atomic E-state index is 10.8. The Kier molecular flexibility index (Phi) is 4.12. The van der Waals surface area contributed by atoms with Crippen LogP contribution in [0.2, 0.25) is 0 Å². The standard InChI is InChI=1S/C18H23N3O/c1-14-19-10-8-17(20-14)21-11-9-18(2,22)16(13-21)12-15-6-4-3-5-7-15/h3-8,10,16,22H,9,11-13H2,1-2H3/t16-,18+/m0/s1. The summed E-state index contributed by atoms with van der Waals surface area (Å²) in [5, 5.41) is 10.8. The van der Waals surface area contributed by atoms with E-state index in [1.54, 1.807) is 6.20 Å². The van der Waals surface area contributed by atoms with Crippen molar-refractivity contribution < 1.29 is 5.11 Å². The number of aliphatic hydroxyl groups is 1. The number of rotatable bonds is 3. The van der Waals surface area contributed by atoms with Crippen LogP contribution in [-0.2, 0) is 6.42 Å². The molecule has 0 radical (unpaired) electrons. The molecular weight excluding hydrogens is 274 g/mol. The molecule has 0 aliphatic carbocycles. The Morgan fingerprint density at radius 1 is 1.27 bits per heavy atom. The van der Waals surface area contributed by atoms with E-state index in [4.69, 9.17) is 0 Å². The normalized spacial score (nSPS) is 25.2. The second kappa shape index (κ2) is 6.05. The minimum Gasteiger partial charge on any atom is -0.390 e. The quantitative estimate of drug-likeness (QED) is 0.946. The van der Waals surface area contributed by atoms with E-state index in [9.17, 15) is 5.11 Å². The molecule has 2 aromatic rings. The van der Waals surface area contributed by atoms with Crippen molar-refractivity contribution in [2.75, 3.05) is 18.0 Å². The molecule has 2 atom stereocenters. The molecule has 1 fully saturated rings. The molecule has 1 saturated heterocycles. The van der Waals surface area contributed by atoms with Gasteiger partial charge in [0.1, 0.15) is 11.6 Å². The van der Waals surface area contributed by atoms with Crippen molar-refractivity contribution in [2.45, 2.75) is 32.3 Å². The molecule has 0 saturated carbocycles. The molecule has 1 N–H and O–H groups in total. The first-order valence-electron chi connectivity index (χ1n) is 7.85. The van der Waals surface area contributed by atoms with E-state index < -0.39 is 5.60 Å². The van der Waals surface area contributed by atoms with Gasteiger partial charge in [-0.25, -0.2) is 9.97 Å². The van der Waals surface area contributed by atoms with Gasteiger partial charge in [-0.15, -0.1) is 0 Å². The number of piperidine rings is 1. The summed E-state index contributed by atoms with van der Waals surface area (Å²) in [6.07, 6.45) is 3.44. The molecule has 3 rings (SSSR count). The monoisotopic (exact) mass is 297 g/mol. The lowest BCUT2D eigenvalue weighted by Gasteiger charge is -2.43. The predicted molar refractivity (Wildman–Crippen MR) is 87.9 cm³/mol. The fourth-order valence-electron chi connectivity index (χ4n) is 3.13. The zero-order valence-corrected chi connectivity index (χ0v) is 13.2. The van der Waals surface area contributed by atoms with E-state index in [0.717, 1.165) is 37.6 Å². The van der Waals surface area contributed by atoms with Crippen LogP contribution in [0.4, 0.5) is 5.82 Å². The molecule has 1 aromatic heterocycles. The number of hydrogen-bond donors (Lipinski definition) is 1. The molecule has 0 spiro atoms. The van der Waals surface area contributed by atoms with Gasteiger partial charge in [0.2, 0.25) is 0 Å². The number of benzene rings is 1. The highest BCUT2D eigenvalue weighted by Gasteiger charge is 2.37. The third kappa shape index (κ3) is 3.28. The molecule has 2 heterocycles. The van der Waals surface area contributed by atoms with Crippen LogP contribution in [0.3, 0.4) is 0 Å². The second-order valence-electron chi connectivity index (χ2n) is 6.40. The van der Waals surface area contributed by atoms with Gasteiger partial charge in [0.15, 0.2) is 0 Å². The molecular formula is C18H23N3O. The summed E-state index contributed by atoms with van der Waals surface area (Å²) < 4.78 is 0. The van der Waals surface area contributed by atoms with Crippen LogP contribution < -0.4 is 4.90 Å². The lowest BCUT2D eigenvalue weighted by Crippen LogP contribution is -2.51. The van der Waals surface area contributed by atoms with Crippen molar-refractivity contribution in [3.63, 3.8) is 0 Å². The highest BCUT2D eigenvalue weighted by atomic mass is 16.3. The van der Waals surface area contributed by atoms with Crippen LogP contribution in [0.15, 0.2) is 42.6 Å². The molecule has 1 aliphatic rings. The van der Waals surface area contributed by atoms with Gasteiger partial charge < -0.3 is 10.0 Å². The van der Waals surface area contributed by atoms with Crippen LogP contribution in [0.1, 0.15) is 24.7 Å². The molecule has 1 aliphatic heterocycles. The van der Waals surface area contributed by atoms with E-state index in [1.165, 1.54) is 5.56 Å². The Labute approximate surface area is 131 Å². The SMILES string of the molecule is Cc1nccc(N2CC[C@@](C)(O)[C@@H](Cc3ccccc3)C2)n1. The molecule has 1 aromatic carbocycles. The fourth-order valence-corrected chi connectivity index (χ4v) is 3.13. The van der Waals surface area contributed by atoms with Gasteiger partial charge in [-0.2, -0.15) is 0 Å². The van der Waals surface area contributed by atoms with Crippen molar-refractivity contribution in [2.24, 2.45) is 5.92 Å². The highest BCUT2D eigenvalue weighted by Crippen LogP contribution is 2.32. The Morgan fingerprint density at radius 3 is 2.77 bits per heavy atom. The van der Waals surface area contributed by atoms with Crippen molar-refractivity contribution in [1.82, 2.24) is 9.97 Å². The number of nitrogens with zero attached hydrogens (tertiary/aromatic N) is 3. The lowest BCUT2D eigenvalue weighted by atomic mass is 9.79. The molecule has 0 unspecified atom stereocenters. The summed E-state index contributed by atoms with van der Waals surface area (Å²) in [6, 6.07) is 12.3. The van der Waals surface area contributed by atoms with E-state index in [2.05, 4.69) is 39.1 Å². The van der Waals surface area contributed by atoms with Gasteiger partial charge in [0.25, 0.3) is 0 Å². The molecule has 4 heteroatoms. The molecule has 4 nitrogen and oxygen atoms in total. The van der Waals surface area contributed by atoms with E-state index in [0.29, 0.717) is 0 Å². The molecule has 116 valence electrons. The van der Waals surface area contributed by atoms with Crippen LogP contribution >= 0.6 is 0 Å². The zero-order valence-electron chi connectivity index (χ0n) is 13.2. The molecule has 0 bridgehead atoms. The van der Waals surface area contributed by atoms with Gasteiger partial charge in [0, 0.05) is 25.2 Å². The minimum atomic E-state index is -0.631. The number of hydrogen-bond acceptors (Lipinski definition) is 4. The van der Waals surface area contributed by atoms with E-state index >= 15 is 0 Å². The van der Waals surface area contributed by atoms with Crippen molar-refractivity contribution in [3.05, 3.63) is 54.0 Å². The maximum atomic E-state index is 10.8. The average Bonchev–Trinajstić information content (AvgIpc) is 2.50. The van der Waals surface area contributed by atoms with E-state index in [1.807, 2.05) is 26.0 Å². The number of aryl methyl sites for hydroxylation is 1. The summed E-state index contributed by atoms with van der Waals surface area (Å²) in [6.45, 7) is 5.52. The average molecular weight is 297 g/mol. The number of aromatic nitrogens is 2. The minimum absolute atomic E-state index is 0.193. The van der Waals surface area contributed by atoms with Gasteiger partial charge in [-0.1, -0.05) is 30.3 Å². The molecule has 22 heavy (non-hydrogen) atoms. The van der Waals surface area contributed by atoms with Crippen LogP contribution in [0.25, 0.3) is 0 Å². The van der Waals surface area contributed by atoms with Crippen LogP contribution in [-0.4, -0.2) is 33.8 Å². The third-order valence-electron chi connectivity index (χ3n) is 4.62. The summed E-state index contributed by atoms with van der Waals surface area (Å²) in [5.41, 5.74) is 0.641. The van der Waals surface area contributed by atoms with Crippen molar-refractivity contribution >= 4 is 5.82 Å². The highest BCUT2D eigenvalue weighted by molar-refractivity contribution is 5.38. The van der Waals surface area contributed by atoms with Crippen LogP contribution in [0, 0.1) is 12.8 Å².